The highest BCUT2D eigenvalue weighted by Gasteiger charge is 2.46. The van der Waals surface area contributed by atoms with Crippen molar-refractivity contribution in [2.24, 2.45) is 0 Å². The standard InChI is InChI=1S/C17H21N3O14P2/c1-8-13(23)10(5-21)9(4-18-8)6-31-36(30,34-35(27,28)29)32-7-11-14(24)15(25)16(33-11)20-3-2-12(22)19-17(20)26/h2-5,11,14-16,23-25H,6-7H2,1H3,(H,19,22,26)(H2,27,28,29)/t11-,14-,15-,16-,36?/m1/s1. The topological polar surface area (TPSA) is 257 Å². The Morgan fingerprint density at radius 2 is 1.92 bits per heavy atom. The Bertz CT molecular complexity index is 1340. The lowest BCUT2D eigenvalue weighted by Gasteiger charge is -2.21. The molecular weight excluding hydrogens is 532 g/mol. The number of carbonyl (C=O) groups is 1. The van der Waals surface area contributed by atoms with Gasteiger partial charge in [0.05, 0.1) is 24.5 Å². The second-order valence-corrected chi connectivity index (χ2v) is 10.4. The summed E-state index contributed by atoms with van der Waals surface area (Å²) in [5, 5.41) is 30.4. The SMILES string of the molecule is Cc1ncc(COP(=O)(OC[C@H]2O[C@@H](n3ccc(=O)[nH]c3=O)[C@H](O)[C@@H]2O)OP(=O)(O)O)c(C=O)c1O. The maximum absolute atomic E-state index is 12.9. The number of nitrogens with zero attached hydrogens (tertiary/aromatic N) is 2. The van der Waals surface area contributed by atoms with Gasteiger partial charge >= 0.3 is 21.3 Å². The molecule has 5 atom stereocenters. The number of H-pyrrole nitrogens is 1. The molecule has 1 fully saturated rings. The highest BCUT2D eigenvalue weighted by atomic mass is 31.3. The van der Waals surface area contributed by atoms with Crippen LogP contribution in [0.25, 0.3) is 0 Å². The molecule has 0 aliphatic carbocycles. The summed E-state index contributed by atoms with van der Waals surface area (Å²) >= 11 is 0. The van der Waals surface area contributed by atoms with Gasteiger partial charge in [-0.15, -0.1) is 0 Å². The minimum absolute atomic E-state index is 0.0915. The number of rotatable bonds is 10. The molecule has 0 radical (unpaired) electrons. The quantitative estimate of drug-likeness (QED) is 0.150. The number of aldehydes is 1. The number of hydrogen-bond donors (Lipinski definition) is 6. The molecular formula is C17H21N3O14P2. The molecule has 0 amide bonds. The van der Waals surface area contributed by atoms with E-state index in [1.54, 1.807) is 0 Å². The monoisotopic (exact) mass is 553 g/mol. The maximum Gasteiger partial charge on any atom is 0.484 e. The van der Waals surface area contributed by atoms with Crippen molar-refractivity contribution >= 4 is 21.9 Å². The highest BCUT2D eigenvalue weighted by Crippen LogP contribution is 2.61. The van der Waals surface area contributed by atoms with Crippen molar-refractivity contribution < 1.29 is 57.1 Å². The summed E-state index contributed by atoms with van der Waals surface area (Å²) in [6.45, 7) is -0.353. The van der Waals surface area contributed by atoms with Crippen LogP contribution < -0.4 is 11.2 Å². The van der Waals surface area contributed by atoms with E-state index in [1.165, 1.54) is 6.92 Å². The normalized spacial score (nSPS) is 23.9. The molecule has 0 aromatic carbocycles. The van der Waals surface area contributed by atoms with Crippen molar-refractivity contribution in [2.75, 3.05) is 6.61 Å². The number of aromatic nitrogens is 3. The molecule has 0 saturated carbocycles. The summed E-state index contributed by atoms with van der Waals surface area (Å²) in [5.74, 6) is -0.502. The Kier molecular flexibility index (Phi) is 8.42. The van der Waals surface area contributed by atoms with E-state index in [-0.39, 0.29) is 23.1 Å². The first-order chi connectivity index (χ1) is 16.7. The van der Waals surface area contributed by atoms with Crippen LogP contribution in [0.15, 0.2) is 28.0 Å². The number of nitrogens with one attached hydrogen (secondary N) is 1. The van der Waals surface area contributed by atoms with E-state index in [4.69, 9.17) is 23.6 Å². The summed E-state index contributed by atoms with van der Waals surface area (Å²) in [4.78, 5) is 58.5. The first-order valence-corrected chi connectivity index (χ1v) is 12.9. The van der Waals surface area contributed by atoms with E-state index < -0.39 is 70.4 Å². The van der Waals surface area contributed by atoms with Crippen LogP contribution in [0.2, 0.25) is 0 Å². The molecule has 17 nitrogen and oxygen atoms in total. The summed E-state index contributed by atoms with van der Waals surface area (Å²) in [5.41, 5.74) is -2.03. The average molecular weight is 553 g/mol. The number of carbonyl (C=O) groups excluding carboxylic acids is 1. The van der Waals surface area contributed by atoms with Crippen LogP contribution in [0.3, 0.4) is 0 Å². The van der Waals surface area contributed by atoms with Crippen LogP contribution in [0.5, 0.6) is 5.75 Å². The third-order valence-electron chi connectivity index (χ3n) is 4.92. The van der Waals surface area contributed by atoms with Gasteiger partial charge in [-0.2, -0.15) is 4.31 Å². The fourth-order valence-corrected chi connectivity index (χ4v) is 5.27. The minimum Gasteiger partial charge on any atom is -0.505 e. The molecule has 1 aliphatic rings. The first-order valence-electron chi connectivity index (χ1n) is 9.86. The summed E-state index contributed by atoms with van der Waals surface area (Å²) in [7, 11) is -10.6. The number of phosphoric ester groups is 1. The van der Waals surface area contributed by atoms with E-state index in [1.807, 2.05) is 4.98 Å². The molecule has 0 spiro atoms. The van der Waals surface area contributed by atoms with E-state index in [2.05, 4.69) is 9.29 Å². The maximum atomic E-state index is 12.9. The van der Waals surface area contributed by atoms with Crippen LogP contribution in [0.1, 0.15) is 27.8 Å². The second kappa shape index (κ2) is 10.8. The van der Waals surface area contributed by atoms with Gasteiger partial charge in [0.1, 0.15) is 24.1 Å². The fraction of sp³-hybridized carbons (Fsp3) is 0.412. The van der Waals surface area contributed by atoms with Gasteiger partial charge in [0.2, 0.25) is 0 Å². The lowest BCUT2D eigenvalue weighted by molar-refractivity contribution is -0.0553. The number of aromatic hydroxyl groups is 1. The molecule has 2 aromatic rings. The van der Waals surface area contributed by atoms with Crippen molar-refractivity contribution in [1.82, 2.24) is 14.5 Å². The molecule has 198 valence electrons. The number of aromatic amines is 1. The molecule has 36 heavy (non-hydrogen) atoms. The highest BCUT2D eigenvalue weighted by molar-refractivity contribution is 7.61. The Balaban J connectivity index is 1.77. The van der Waals surface area contributed by atoms with Crippen LogP contribution in [-0.4, -0.2) is 70.8 Å². The number of phosphoric acid groups is 2. The smallest absolute Gasteiger partial charge is 0.484 e. The lowest BCUT2D eigenvalue weighted by atomic mass is 10.1. The molecule has 1 aliphatic heterocycles. The zero-order valence-corrected chi connectivity index (χ0v) is 20.0. The minimum atomic E-state index is -5.48. The van der Waals surface area contributed by atoms with E-state index in [0.29, 0.717) is 0 Å². The molecule has 6 N–H and O–H groups in total. The first kappa shape index (κ1) is 28.0. The lowest BCUT2D eigenvalue weighted by Crippen LogP contribution is -2.37. The number of pyridine rings is 1. The average Bonchev–Trinajstić information content (AvgIpc) is 3.06. The van der Waals surface area contributed by atoms with E-state index in [9.17, 15) is 38.8 Å². The molecule has 3 rings (SSSR count). The molecule has 1 unspecified atom stereocenters. The van der Waals surface area contributed by atoms with Gasteiger partial charge in [-0.1, -0.05) is 0 Å². The van der Waals surface area contributed by atoms with E-state index in [0.717, 1.165) is 23.0 Å². The Morgan fingerprint density at radius 3 is 2.53 bits per heavy atom. The van der Waals surface area contributed by atoms with Crippen molar-refractivity contribution in [3.8, 4) is 5.75 Å². The predicted octanol–water partition coefficient (Wildman–Crippen LogP) is -1.17. The number of ether oxygens (including phenoxy) is 1. The summed E-state index contributed by atoms with van der Waals surface area (Å²) in [6.07, 6.45) is -4.20. The van der Waals surface area contributed by atoms with Gasteiger partial charge in [0.25, 0.3) is 5.56 Å². The molecule has 1 saturated heterocycles. The van der Waals surface area contributed by atoms with Gasteiger partial charge in [-0.25, -0.2) is 13.9 Å². The van der Waals surface area contributed by atoms with Gasteiger partial charge < -0.3 is 29.8 Å². The zero-order chi connectivity index (χ0) is 26.8. The van der Waals surface area contributed by atoms with Gasteiger partial charge in [-0.05, 0) is 6.92 Å². The van der Waals surface area contributed by atoms with Gasteiger partial charge in [0.15, 0.2) is 12.5 Å². The zero-order valence-electron chi connectivity index (χ0n) is 18.2. The molecule has 3 heterocycles. The van der Waals surface area contributed by atoms with Gasteiger partial charge in [0, 0.05) is 24.0 Å². The number of aliphatic hydroxyl groups is 2. The van der Waals surface area contributed by atoms with Gasteiger partial charge in [-0.3, -0.25) is 33.2 Å². The largest absolute Gasteiger partial charge is 0.505 e. The van der Waals surface area contributed by atoms with Crippen LogP contribution in [-0.2, 0) is 33.8 Å². The van der Waals surface area contributed by atoms with Crippen LogP contribution >= 0.6 is 15.6 Å². The fourth-order valence-electron chi connectivity index (χ4n) is 3.15. The third-order valence-corrected chi connectivity index (χ3v) is 7.48. The Hall–Kier alpha value is -2.56. The molecule has 0 bridgehead atoms. The van der Waals surface area contributed by atoms with Crippen molar-refractivity contribution in [3.05, 3.63) is 56.1 Å². The van der Waals surface area contributed by atoms with Crippen molar-refractivity contribution in [1.29, 1.82) is 0 Å². The number of hydrogen-bond acceptors (Lipinski definition) is 13. The van der Waals surface area contributed by atoms with Crippen molar-refractivity contribution in [3.63, 3.8) is 0 Å². The second-order valence-electron chi connectivity index (χ2n) is 7.40. The third kappa shape index (κ3) is 6.41. The molecule has 2 aromatic heterocycles. The van der Waals surface area contributed by atoms with Crippen LogP contribution in [0, 0.1) is 6.92 Å². The van der Waals surface area contributed by atoms with Crippen molar-refractivity contribution in [2.45, 2.75) is 38.1 Å². The Labute approximate surface area is 200 Å². The summed E-state index contributed by atoms with van der Waals surface area (Å²) in [6, 6.07) is 0.953. The Morgan fingerprint density at radius 1 is 1.22 bits per heavy atom. The number of aliphatic hydroxyl groups excluding tert-OH is 2. The molecule has 19 heteroatoms. The van der Waals surface area contributed by atoms with Crippen LogP contribution in [0.4, 0.5) is 0 Å². The number of aryl methyl sites for hydroxylation is 1. The summed E-state index contributed by atoms with van der Waals surface area (Å²) < 4.78 is 44.3. The van der Waals surface area contributed by atoms with E-state index >= 15 is 0 Å². The predicted molar refractivity (Wildman–Crippen MR) is 115 cm³/mol.